The van der Waals surface area contributed by atoms with Crippen molar-refractivity contribution in [1.82, 2.24) is 25.0 Å². The molecule has 2 aliphatic rings. The lowest BCUT2D eigenvalue weighted by Gasteiger charge is -2.38. The van der Waals surface area contributed by atoms with Crippen LogP contribution in [0.25, 0.3) is 5.65 Å². The molecule has 1 amide bonds. The van der Waals surface area contributed by atoms with Crippen LogP contribution < -0.4 is 25.5 Å². The highest BCUT2D eigenvalue weighted by atomic mass is 19.3. The lowest BCUT2D eigenvalue weighted by molar-refractivity contribution is -0.144. The van der Waals surface area contributed by atoms with Crippen LogP contribution >= 0.6 is 0 Å². The number of fused-ring (bicyclic) bond motifs is 2. The van der Waals surface area contributed by atoms with Gasteiger partial charge in [-0.1, -0.05) is 0 Å². The van der Waals surface area contributed by atoms with Gasteiger partial charge in [0.05, 0.1) is 25.0 Å². The second-order valence-corrected chi connectivity index (χ2v) is 7.33. The Morgan fingerprint density at radius 2 is 1.97 bits per heavy atom. The zero-order valence-electron chi connectivity index (χ0n) is 16.8. The summed E-state index contributed by atoms with van der Waals surface area (Å²) in [6.45, 7) is -0.509. The molecule has 0 radical (unpaired) electrons. The van der Waals surface area contributed by atoms with Gasteiger partial charge >= 0.3 is 0 Å². The average Bonchev–Trinajstić information content (AvgIpc) is 3.16. The van der Waals surface area contributed by atoms with Gasteiger partial charge < -0.3 is 20.1 Å². The molecule has 0 aliphatic carbocycles. The standard InChI is InChI=1S/C19H18F3N7O3/c1-23-15-6-14(25-12-4-10(20)5-13-16(12)32-3-2-31-13)26-17-11(7-24-29(15)17)18(30)27-28-8-19(21,22)9-28/h4-7,23H,2-3,8-9H2,1H3,(H,25,26)(H,27,30). The van der Waals surface area contributed by atoms with Crippen molar-refractivity contribution in [2.24, 2.45) is 0 Å². The van der Waals surface area contributed by atoms with Crippen LogP contribution in [0.5, 0.6) is 11.5 Å². The number of nitrogens with zero attached hydrogens (tertiary/aromatic N) is 4. The molecule has 1 fully saturated rings. The highest BCUT2D eigenvalue weighted by Gasteiger charge is 2.45. The molecule has 32 heavy (non-hydrogen) atoms. The molecule has 10 nitrogen and oxygen atoms in total. The van der Waals surface area contributed by atoms with E-state index in [1.807, 2.05) is 0 Å². The zero-order valence-corrected chi connectivity index (χ0v) is 16.8. The first kappa shape index (κ1) is 20.2. The number of carbonyl (C=O) groups is 1. The predicted octanol–water partition coefficient (Wildman–Crippen LogP) is 2.02. The van der Waals surface area contributed by atoms with Gasteiger partial charge in [0.1, 0.15) is 36.2 Å². The second-order valence-electron chi connectivity index (χ2n) is 7.33. The normalized spacial score (nSPS) is 17.0. The number of carbonyl (C=O) groups excluding carboxylic acids is 1. The van der Waals surface area contributed by atoms with Crippen molar-refractivity contribution in [1.29, 1.82) is 0 Å². The van der Waals surface area contributed by atoms with E-state index in [0.29, 0.717) is 30.5 Å². The molecule has 0 bridgehead atoms. The minimum atomic E-state index is -2.82. The lowest BCUT2D eigenvalue weighted by atomic mass is 10.2. The molecule has 0 spiro atoms. The van der Waals surface area contributed by atoms with E-state index in [4.69, 9.17) is 9.47 Å². The van der Waals surface area contributed by atoms with Crippen LogP contribution in [0.3, 0.4) is 0 Å². The number of benzene rings is 1. The van der Waals surface area contributed by atoms with Crippen LogP contribution in [-0.2, 0) is 0 Å². The quantitative estimate of drug-likeness (QED) is 0.544. The summed E-state index contributed by atoms with van der Waals surface area (Å²) in [5.41, 5.74) is 2.97. The number of halogens is 3. The van der Waals surface area contributed by atoms with Gasteiger partial charge in [-0.15, -0.1) is 0 Å². The Hall–Kier alpha value is -3.74. The molecule has 5 rings (SSSR count). The van der Waals surface area contributed by atoms with E-state index in [9.17, 15) is 18.0 Å². The molecule has 4 heterocycles. The van der Waals surface area contributed by atoms with E-state index >= 15 is 0 Å². The summed E-state index contributed by atoms with van der Waals surface area (Å²) in [5.74, 6) is -2.60. The Morgan fingerprint density at radius 1 is 1.19 bits per heavy atom. The predicted molar refractivity (Wildman–Crippen MR) is 107 cm³/mol. The molecule has 1 saturated heterocycles. The smallest absolute Gasteiger partial charge is 0.276 e. The largest absolute Gasteiger partial charge is 0.486 e. The van der Waals surface area contributed by atoms with E-state index in [2.05, 4.69) is 26.1 Å². The van der Waals surface area contributed by atoms with Gasteiger partial charge in [0, 0.05) is 25.2 Å². The van der Waals surface area contributed by atoms with E-state index in [1.54, 1.807) is 13.1 Å². The van der Waals surface area contributed by atoms with E-state index in [1.165, 1.54) is 22.8 Å². The summed E-state index contributed by atoms with van der Waals surface area (Å²) in [7, 11) is 1.66. The Morgan fingerprint density at radius 3 is 2.72 bits per heavy atom. The Bertz CT molecular complexity index is 1210. The second kappa shape index (κ2) is 7.44. The maximum absolute atomic E-state index is 14.1. The highest BCUT2D eigenvalue weighted by molar-refractivity contribution is 5.99. The fraction of sp³-hybridized carbons (Fsp3) is 0.316. The molecule has 0 atom stereocenters. The molecule has 1 aromatic carbocycles. The Balaban J connectivity index is 1.48. The van der Waals surface area contributed by atoms with Crippen molar-refractivity contribution < 1.29 is 27.4 Å². The highest BCUT2D eigenvalue weighted by Crippen LogP contribution is 2.40. The first-order valence-electron chi connectivity index (χ1n) is 9.69. The van der Waals surface area contributed by atoms with Crippen molar-refractivity contribution in [3.05, 3.63) is 35.8 Å². The first-order chi connectivity index (χ1) is 15.3. The molecule has 2 aliphatic heterocycles. The molecule has 3 N–H and O–H groups in total. The molecule has 13 heteroatoms. The van der Waals surface area contributed by atoms with Crippen molar-refractivity contribution >= 4 is 28.9 Å². The fourth-order valence-corrected chi connectivity index (χ4v) is 3.51. The summed E-state index contributed by atoms with van der Waals surface area (Å²) in [5, 5.41) is 11.2. The van der Waals surface area contributed by atoms with Crippen molar-refractivity contribution in [2.75, 3.05) is 44.0 Å². The van der Waals surface area contributed by atoms with Gasteiger partial charge in [-0.25, -0.2) is 23.2 Å². The number of anilines is 3. The van der Waals surface area contributed by atoms with Crippen LogP contribution in [0.4, 0.5) is 30.5 Å². The van der Waals surface area contributed by atoms with Crippen LogP contribution in [0.15, 0.2) is 24.4 Å². The van der Waals surface area contributed by atoms with Crippen LogP contribution in [0.1, 0.15) is 10.4 Å². The van der Waals surface area contributed by atoms with Crippen LogP contribution in [0, 0.1) is 5.82 Å². The summed E-state index contributed by atoms with van der Waals surface area (Å²) in [6, 6.07) is 4.08. The van der Waals surface area contributed by atoms with Crippen molar-refractivity contribution in [2.45, 2.75) is 5.92 Å². The summed E-state index contributed by atoms with van der Waals surface area (Å²) < 4.78 is 52.6. The number of aromatic nitrogens is 3. The van der Waals surface area contributed by atoms with E-state index in [0.717, 1.165) is 5.01 Å². The first-order valence-corrected chi connectivity index (χ1v) is 9.69. The average molecular weight is 449 g/mol. The molecule has 3 aromatic rings. The summed E-state index contributed by atoms with van der Waals surface area (Å²) >= 11 is 0. The lowest BCUT2D eigenvalue weighted by Crippen LogP contribution is -2.62. The zero-order chi connectivity index (χ0) is 22.5. The molecular weight excluding hydrogens is 431 g/mol. The molecule has 168 valence electrons. The van der Waals surface area contributed by atoms with Gasteiger partial charge in [0.15, 0.2) is 17.1 Å². The third-order valence-electron chi connectivity index (χ3n) is 4.95. The number of amides is 1. The number of hydrogen-bond acceptors (Lipinski definition) is 8. The summed E-state index contributed by atoms with van der Waals surface area (Å²) in [6.07, 6.45) is 1.29. The van der Waals surface area contributed by atoms with Gasteiger partial charge in [-0.05, 0) is 0 Å². The molecule has 0 unspecified atom stereocenters. The SMILES string of the molecule is CNc1cc(Nc2cc(F)cc3c2OCCO3)nc2c(C(=O)NN3CC(F)(F)C3)cnn12. The number of nitrogens with one attached hydrogen (secondary N) is 3. The Kier molecular flexibility index (Phi) is 4.69. The van der Waals surface area contributed by atoms with Gasteiger partial charge in [-0.2, -0.15) is 9.61 Å². The third-order valence-corrected chi connectivity index (χ3v) is 4.95. The van der Waals surface area contributed by atoms with Crippen LogP contribution in [-0.4, -0.2) is 64.8 Å². The summed E-state index contributed by atoms with van der Waals surface area (Å²) in [4.78, 5) is 17.0. The van der Waals surface area contributed by atoms with E-state index < -0.39 is 30.7 Å². The minimum absolute atomic E-state index is 0.0845. The number of alkyl halides is 2. The molecule has 2 aromatic heterocycles. The monoisotopic (exact) mass is 449 g/mol. The Labute approximate surface area is 179 Å². The van der Waals surface area contributed by atoms with E-state index in [-0.39, 0.29) is 22.8 Å². The molecular formula is C19H18F3N7O3. The topological polar surface area (TPSA) is 105 Å². The maximum atomic E-state index is 14.1. The number of hydrogen-bond donors (Lipinski definition) is 3. The number of hydrazine groups is 1. The van der Waals surface area contributed by atoms with Crippen molar-refractivity contribution in [3.8, 4) is 11.5 Å². The third kappa shape index (κ3) is 3.60. The number of ether oxygens (including phenoxy) is 2. The van der Waals surface area contributed by atoms with Gasteiger partial charge in [-0.3, -0.25) is 10.2 Å². The minimum Gasteiger partial charge on any atom is -0.486 e. The molecule has 0 saturated carbocycles. The van der Waals surface area contributed by atoms with Gasteiger partial charge in [0.2, 0.25) is 0 Å². The maximum Gasteiger partial charge on any atom is 0.276 e. The van der Waals surface area contributed by atoms with Crippen molar-refractivity contribution in [3.63, 3.8) is 0 Å². The fourth-order valence-electron chi connectivity index (χ4n) is 3.51. The van der Waals surface area contributed by atoms with Crippen LogP contribution in [0.2, 0.25) is 0 Å². The van der Waals surface area contributed by atoms with Gasteiger partial charge in [0.25, 0.3) is 11.8 Å². The number of rotatable bonds is 5.